The largest absolute Gasteiger partial charge is 0.490 e. The molecule has 43 heavy (non-hydrogen) atoms. The fraction of sp³-hybridized carbons (Fsp3) is 0.559. The molecule has 0 radical (unpaired) electrons. The Kier molecular flexibility index (Phi) is 11.4. The maximum absolute atomic E-state index is 13.0. The minimum Gasteiger partial charge on any atom is -0.490 e. The highest BCUT2D eigenvalue weighted by Gasteiger charge is 2.33. The number of carbonyl (C=O) groups excluding carboxylic acids is 3. The van der Waals surface area contributed by atoms with E-state index in [1.54, 1.807) is 32.9 Å². The molecule has 3 N–H and O–H groups in total. The molecule has 2 saturated carbocycles. The fourth-order valence-corrected chi connectivity index (χ4v) is 5.64. The van der Waals surface area contributed by atoms with Crippen LogP contribution in [0.1, 0.15) is 95.7 Å². The molecule has 9 heteroatoms. The number of hydrogen-bond donors (Lipinski definition) is 2. The van der Waals surface area contributed by atoms with Crippen LogP contribution in [0.4, 0.5) is 4.79 Å². The first-order valence-electron chi connectivity index (χ1n) is 15.5. The number of amides is 1. The summed E-state index contributed by atoms with van der Waals surface area (Å²) in [6.07, 6.45) is 7.12. The molecule has 2 aliphatic carbocycles. The summed E-state index contributed by atoms with van der Waals surface area (Å²) in [4.78, 5) is 38.0. The van der Waals surface area contributed by atoms with Crippen molar-refractivity contribution in [1.82, 2.24) is 5.32 Å². The molecule has 0 aliphatic heterocycles. The van der Waals surface area contributed by atoms with E-state index < -0.39 is 29.7 Å². The van der Waals surface area contributed by atoms with Gasteiger partial charge in [-0.1, -0.05) is 42.5 Å². The second-order valence-corrected chi connectivity index (χ2v) is 12.7. The Bertz CT molecular complexity index is 1180. The van der Waals surface area contributed by atoms with E-state index in [0.717, 1.165) is 56.9 Å². The van der Waals surface area contributed by atoms with Gasteiger partial charge >= 0.3 is 18.0 Å². The third-order valence-corrected chi connectivity index (χ3v) is 7.94. The van der Waals surface area contributed by atoms with Crippen molar-refractivity contribution in [1.29, 1.82) is 0 Å². The number of alkyl carbamates (subject to hydrolysis) is 1. The van der Waals surface area contributed by atoms with Crippen LogP contribution in [0.5, 0.6) is 5.75 Å². The SMILES string of the molecule is CC(C)(C)OC(=O)NC(CC1CCC(Oc2ccc(C(N)C(=O)OCc3ccccc3)cc2)CC1)C(=O)OC1CCCC1. The van der Waals surface area contributed by atoms with Crippen molar-refractivity contribution in [2.75, 3.05) is 0 Å². The maximum atomic E-state index is 13.0. The topological polar surface area (TPSA) is 126 Å². The fourth-order valence-electron chi connectivity index (χ4n) is 5.64. The Hall–Kier alpha value is -3.59. The second-order valence-electron chi connectivity index (χ2n) is 12.7. The van der Waals surface area contributed by atoms with Crippen molar-refractivity contribution < 1.29 is 33.3 Å². The van der Waals surface area contributed by atoms with Gasteiger partial charge in [-0.2, -0.15) is 0 Å². The lowest BCUT2D eigenvalue weighted by molar-refractivity contribution is -0.152. The van der Waals surface area contributed by atoms with Crippen LogP contribution in [0.25, 0.3) is 0 Å². The van der Waals surface area contributed by atoms with E-state index in [2.05, 4.69) is 5.32 Å². The summed E-state index contributed by atoms with van der Waals surface area (Å²) in [6, 6.07) is 15.1. The van der Waals surface area contributed by atoms with E-state index in [9.17, 15) is 14.4 Å². The quantitative estimate of drug-likeness (QED) is 0.235. The normalized spacial score (nSPS) is 20.5. The number of esters is 2. The van der Waals surface area contributed by atoms with E-state index >= 15 is 0 Å². The lowest BCUT2D eigenvalue weighted by Crippen LogP contribution is -2.46. The van der Waals surface area contributed by atoms with E-state index in [1.807, 2.05) is 42.5 Å². The van der Waals surface area contributed by atoms with Crippen molar-refractivity contribution in [3.63, 3.8) is 0 Å². The molecular weight excluding hydrogens is 548 g/mol. The molecule has 0 spiro atoms. The minimum absolute atomic E-state index is 0.0364. The van der Waals surface area contributed by atoms with Crippen molar-refractivity contribution in [3.05, 3.63) is 65.7 Å². The van der Waals surface area contributed by atoms with Gasteiger partial charge in [-0.3, -0.25) is 0 Å². The molecule has 234 valence electrons. The van der Waals surface area contributed by atoms with Gasteiger partial charge in [0.25, 0.3) is 0 Å². The van der Waals surface area contributed by atoms with Crippen LogP contribution < -0.4 is 15.8 Å². The zero-order valence-electron chi connectivity index (χ0n) is 25.6. The van der Waals surface area contributed by atoms with E-state index in [1.165, 1.54) is 0 Å². The van der Waals surface area contributed by atoms with Crippen molar-refractivity contribution in [2.45, 2.75) is 115 Å². The van der Waals surface area contributed by atoms with Gasteiger partial charge in [0.05, 0.1) is 6.10 Å². The molecule has 0 saturated heterocycles. The van der Waals surface area contributed by atoms with Gasteiger partial charge < -0.3 is 30.0 Å². The zero-order valence-corrected chi connectivity index (χ0v) is 25.6. The molecular formula is C34H46N2O7. The lowest BCUT2D eigenvalue weighted by Gasteiger charge is -2.31. The van der Waals surface area contributed by atoms with Crippen LogP contribution in [0.15, 0.2) is 54.6 Å². The number of nitrogens with two attached hydrogens (primary N) is 1. The van der Waals surface area contributed by atoms with Crippen LogP contribution in [0.2, 0.25) is 0 Å². The molecule has 2 aliphatic rings. The molecule has 9 nitrogen and oxygen atoms in total. The van der Waals surface area contributed by atoms with Crippen molar-refractivity contribution in [2.24, 2.45) is 11.7 Å². The molecule has 1 amide bonds. The molecule has 2 aromatic carbocycles. The number of carbonyl (C=O) groups is 3. The lowest BCUT2D eigenvalue weighted by atomic mass is 9.83. The van der Waals surface area contributed by atoms with Gasteiger partial charge in [0.2, 0.25) is 0 Å². The summed E-state index contributed by atoms with van der Waals surface area (Å²) in [5.41, 5.74) is 7.04. The summed E-state index contributed by atoms with van der Waals surface area (Å²) in [6.45, 7) is 5.56. The average Bonchev–Trinajstić information content (AvgIpc) is 3.49. The number of nitrogens with one attached hydrogen (secondary N) is 1. The summed E-state index contributed by atoms with van der Waals surface area (Å²) in [7, 11) is 0. The Balaban J connectivity index is 1.24. The van der Waals surface area contributed by atoms with E-state index in [0.29, 0.717) is 17.7 Å². The van der Waals surface area contributed by atoms with Gasteiger partial charge in [-0.15, -0.1) is 0 Å². The second kappa shape index (κ2) is 15.2. The van der Waals surface area contributed by atoms with Gasteiger partial charge in [0, 0.05) is 0 Å². The Morgan fingerprint density at radius 1 is 0.860 bits per heavy atom. The van der Waals surface area contributed by atoms with Gasteiger partial charge in [-0.25, -0.2) is 14.4 Å². The monoisotopic (exact) mass is 594 g/mol. The van der Waals surface area contributed by atoms with Gasteiger partial charge in [0.1, 0.15) is 36.1 Å². The molecule has 2 unspecified atom stereocenters. The highest BCUT2D eigenvalue weighted by Crippen LogP contribution is 2.32. The zero-order chi connectivity index (χ0) is 30.8. The molecule has 2 aromatic rings. The maximum Gasteiger partial charge on any atom is 0.408 e. The third-order valence-electron chi connectivity index (χ3n) is 7.94. The summed E-state index contributed by atoms with van der Waals surface area (Å²) >= 11 is 0. The number of hydrogen-bond acceptors (Lipinski definition) is 8. The molecule has 2 atom stereocenters. The van der Waals surface area contributed by atoms with Gasteiger partial charge in [0.15, 0.2) is 0 Å². The molecule has 4 rings (SSSR count). The molecule has 0 heterocycles. The Morgan fingerprint density at radius 2 is 1.51 bits per heavy atom. The van der Waals surface area contributed by atoms with E-state index in [4.69, 9.17) is 24.7 Å². The first-order chi connectivity index (χ1) is 20.6. The first kappa shape index (κ1) is 32.3. The smallest absolute Gasteiger partial charge is 0.408 e. The third kappa shape index (κ3) is 10.6. The summed E-state index contributed by atoms with van der Waals surface area (Å²) < 4.78 is 22.8. The number of rotatable bonds is 11. The average molecular weight is 595 g/mol. The van der Waals surface area contributed by atoms with Gasteiger partial charge in [-0.05, 0) is 108 Å². The van der Waals surface area contributed by atoms with Crippen LogP contribution in [0, 0.1) is 5.92 Å². The summed E-state index contributed by atoms with van der Waals surface area (Å²) in [5.74, 6) is 0.0978. The Labute approximate surface area is 254 Å². The molecule has 2 fully saturated rings. The molecule has 0 bridgehead atoms. The van der Waals surface area contributed by atoms with Crippen LogP contribution >= 0.6 is 0 Å². The first-order valence-corrected chi connectivity index (χ1v) is 15.5. The predicted molar refractivity (Wildman–Crippen MR) is 162 cm³/mol. The van der Waals surface area contributed by atoms with E-state index in [-0.39, 0.29) is 30.7 Å². The minimum atomic E-state index is -0.879. The Morgan fingerprint density at radius 3 is 2.14 bits per heavy atom. The highest BCUT2D eigenvalue weighted by molar-refractivity contribution is 5.81. The predicted octanol–water partition coefficient (Wildman–Crippen LogP) is 6.14. The molecule has 0 aromatic heterocycles. The highest BCUT2D eigenvalue weighted by atomic mass is 16.6. The van der Waals surface area contributed by atoms with Crippen LogP contribution in [0.3, 0.4) is 0 Å². The van der Waals surface area contributed by atoms with Crippen LogP contribution in [-0.2, 0) is 30.4 Å². The number of benzene rings is 2. The van der Waals surface area contributed by atoms with Crippen molar-refractivity contribution in [3.8, 4) is 5.75 Å². The number of ether oxygens (including phenoxy) is 4. The standard InChI is InChI=1S/C34H46N2O7/c1-34(2,3)43-33(39)36-29(31(37)42-26-11-7-8-12-26)21-23-13-17-27(18-14-23)41-28-19-15-25(16-20-28)30(35)32(38)40-22-24-9-5-4-6-10-24/h4-6,9-10,15-16,19-20,23,26-27,29-30H,7-8,11-14,17-18,21-22,35H2,1-3H3,(H,36,39). The summed E-state index contributed by atoms with van der Waals surface area (Å²) in [5, 5.41) is 2.77. The van der Waals surface area contributed by atoms with Crippen molar-refractivity contribution >= 4 is 18.0 Å². The van der Waals surface area contributed by atoms with Crippen LogP contribution in [-0.4, -0.2) is 41.9 Å².